The Morgan fingerprint density at radius 1 is 1.12 bits per heavy atom. The Kier molecular flexibility index (Phi) is 3.90. The summed E-state index contributed by atoms with van der Waals surface area (Å²) in [6, 6.07) is 7.78. The van der Waals surface area contributed by atoms with Crippen LogP contribution in [-0.4, -0.2) is 9.97 Å². The van der Waals surface area contributed by atoms with E-state index in [4.69, 9.17) is 0 Å². The molecule has 2 aromatic rings. The van der Waals surface area contributed by atoms with Crippen molar-refractivity contribution in [2.24, 2.45) is 0 Å². The lowest BCUT2D eigenvalue weighted by Gasteiger charge is -2.07. The van der Waals surface area contributed by atoms with Crippen LogP contribution in [0.15, 0.2) is 45.6 Å². The number of nitrogens with one attached hydrogen (secondary N) is 1. The van der Waals surface area contributed by atoms with Gasteiger partial charge in [0, 0.05) is 27.0 Å². The highest BCUT2D eigenvalue weighted by Crippen LogP contribution is 2.26. The standard InChI is InChI=1S/C11H9Br2N3/c12-8-2-3-10(9(13)6-8)16-7-11-14-4-1-5-15-11/h1-6,16H,7H2. The van der Waals surface area contributed by atoms with Crippen LogP contribution in [0, 0.1) is 0 Å². The first-order chi connectivity index (χ1) is 7.75. The molecule has 0 fully saturated rings. The van der Waals surface area contributed by atoms with Crippen molar-refractivity contribution in [2.75, 3.05) is 5.32 Å². The minimum atomic E-state index is 0.612. The first kappa shape index (κ1) is 11.5. The Hall–Kier alpha value is -0.940. The van der Waals surface area contributed by atoms with Crippen LogP contribution in [0.5, 0.6) is 0 Å². The maximum absolute atomic E-state index is 4.14. The summed E-state index contributed by atoms with van der Waals surface area (Å²) in [5, 5.41) is 3.26. The van der Waals surface area contributed by atoms with Crippen molar-refractivity contribution in [2.45, 2.75) is 6.54 Å². The minimum Gasteiger partial charge on any atom is -0.377 e. The third kappa shape index (κ3) is 3.02. The quantitative estimate of drug-likeness (QED) is 0.925. The summed E-state index contributed by atoms with van der Waals surface area (Å²) < 4.78 is 2.05. The normalized spacial score (nSPS) is 10.1. The molecule has 0 spiro atoms. The molecule has 82 valence electrons. The van der Waals surface area contributed by atoms with Gasteiger partial charge in [-0.2, -0.15) is 0 Å². The molecular weight excluding hydrogens is 334 g/mol. The first-order valence-corrected chi connectivity index (χ1v) is 6.29. The lowest BCUT2D eigenvalue weighted by Crippen LogP contribution is -2.03. The van der Waals surface area contributed by atoms with E-state index < -0.39 is 0 Å². The Bertz CT molecular complexity index is 474. The predicted octanol–water partition coefficient (Wildman–Crippen LogP) is 3.61. The van der Waals surface area contributed by atoms with Gasteiger partial charge in [-0.3, -0.25) is 0 Å². The predicted molar refractivity (Wildman–Crippen MR) is 71.2 cm³/mol. The molecule has 0 aliphatic heterocycles. The van der Waals surface area contributed by atoms with Crippen LogP contribution in [0.25, 0.3) is 0 Å². The average Bonchev–Trinajstić information content (AvgIpc) is 2.29. The molecule has 3 nitrogen and oxygen atoms in total. The van der Waals surface area contributed by atoms with Gasteiger partial charge in [-0.15, -0.1) is 0 Å². The van der Waals surface area contributed by atoms with Gasteiger partial charge < -0.3 is 5.32 Å². The van der Waals surface area contributed by atoms with Crippen molar-refractivity contribution in [3.8, 4) is 0 Å². The highest BCUT2D eigenvalue weighted by Gasteiger charge is 2.00. The van der Waals surface area contributed by atoms with Crippen LogP contribution in [0.4, 0.5) is 5.69 Å². The van der Waals surface area contributed by atoms with Crippen LogP contribution in [-0.2, 0) is 6.54 Å². The Labute approximate surface area is 111 Å². The molecule has 0 saturated heterocycles. The van der Waals surface area contributed by atoms with Gasteiger partial charge in [-0.25, -0.2) is 9.97 Å². The number of rotatable bonds is 3. The molecular formula is C11H9Br2N3. The zero-order valence-electron chi connectivity index (χ0n) is 8.32. The van der Waals surface area contributed by atoms with E-state index in [0.717, 1.165) is 20.5 Å². The summed E-state index contributed by atoms with van der Waals surface area (Å²) in [6.45, 7) is 0.612. The maximum atomic E-state index is 4.14. The fourth-order valence-electron chi connectivity index (χ4n) is 1.23. The smallest absolute Gasteiger partial charge is 0.147 e. The molecule has 0 aliphatic carbocycles. The molecule has 0 bridgehead atoms. The van der Waals surface area contributed by atoms with E-state index in [9.17, 15) is 0 Å². The Morgan fingerprint density at radius 3 is 2.56 bits per heavy atom. The number of halogens is 2. The Balaban J connectivity index is 2.05. The zero-order chi connectivity index (χ0) is 11.4. The summed E-state index contributed by atoms with van der Waals surface area (Å²) in [7, 11) is 0. The van der Waals surface area contributed by atoms with Crippen LogP contribution in [0.2, 0.25) is 0 Å². The molecule has 16 heavy (non-hydrogen) atoms. The molecule has 0 radical (unpaired) electrons. The second-order valence-corrected chi connectivity index (χ2v) is 4.91. The fourth-order valence-corrected chi connectivity index (χ4v) is 2.42. The fraction of sp³-hybridized carbons (Fsp3) is 0.0909. The number of nitrogens with zero attached hydrogens (tertiary/aromatic N) is 2. The molecule has 0 aliphatic rings. The van der Waals surface area contributed by atoms with Crippen molar-refractivity contribution in [1.29, 1.82) is 0 Å². The van der Waals surface area contributed by atoms with E-state index in [1.165, 1.54) is 0 Å². The third-order valence-corrected chi connectivity index (χ3v) is 3.14. The molecule has 2 rings (SSSR count). The monoisotopic (exact) mass is 341 g/mol. The number of anilines is 1. The van der Waals surface area contributed by atoms with Crippen molar-refractivity contribution in [3.63, 3.8) is 0 Å². The SMILES string of the molecule is Brc1ccc(NCc2ncccn2)c(Br)c1. The highest BCUT2D eigenvalue weighted by atomic mass is 79.9. The Morgan fingerprint density at radius 2 is 1.88 bits per heavy atom. The first-order valence-electron chi connectivity index (χ1n) is 4.70. The molecule has 1 aromatic carbocycles. The van der Waals surface area contributed by atoms with Crippen molar-refractivity contribution in [3.05, 3.63) is 51.4 Å². The van der Waals surface area contributed by atoms with Gasteiger partial charge in [0.2, 0.25) is 0 Å². The highest BCUT2D eigenvalue weighted by molar-refractivity contribution is 9.11. The molecule has 0 amide bonds. The van der Waals surface area contributed by atoms with E-state index >= 15 is 0 Å². The number of hydrogen-bond donors (Lipinski definition) is 1. The lowest BCUT2D eigenvalue weighted by molar-refractivity contribution is 0.947. The van der Waals surface area contributed by atoms with Gasteiger partial charge in [0.05, 0.1) is 6.54 Å². The van der Waals surface area contributed by atoms with Gasteiger partial charge in [-0.1, -0.05) is 15.9 Å². The number of aromatic nitrogens is 2. The molecule has 1 aromatic heterocycles. The van der Waals surface area contributed by atoms with Crippen molar-refractivity contribution >= 4 is 37.5 Å². The van der Waals surface area contributed by atoms with E-state index in [1.54, 1.807) is 18.5 Å². The van der Waals surface area contributed by atoms with Crippen molar-refractivity contribution in [1.82, 2.24) is 9.97 Å². The van der Waals surface area contributed by atoms with Gasteiger partial charge in [0.1, 0.15) is 5.82 Å². The molecule has 5 heteroatoms. The second-order valence-electron chi connectivity index (χ2n) is 3.14. The summed E-state index contributed by atoms with van der Waals surface area (Å²) in [4.78, 5) is 8.29. The third-order valence-electron chi connectivity index (χ3n) is 1.99. The summed E-state index contributed by atoms with van der Waals surface area (Å²) in [5.74, 6) is 0.775. The van der Waals surface area contributed by atoms with E-state index in [-0.39, 0.29) is 0 Å². The van der Waals surface area contributed by atoms with E-state index in [2.05, 4.69) is 47.1 Å². The maximum Gasteiger partial charge on any atom is 0.147 e. The minimum absolute atomic E-state index is 0.612. The number of benzene rings is 1. The average molecular weight is 343 g/mol. The summed E-state index contributed by atoms with van der Waals surface area (Å²) in [6.07, 6.45) is 3.47. The topological polar surface area (TPSA) is 37.8 Å². The van der Waals surface area contributed by atoms with E-state index in [1.807, 2.05) is 18.2 Å². The van der Waals surface area contributed by atoms with E-state index in [0.29, 0.717) is 6.54 Å². The van der Waals surface area contributed by atoms with Crippen LogP contribution >= 0.6 is 31.9 Å². The van der Waals surface area contributed by atoms with Crippen LogP contribution in [0.1, 0.15) is 5.82 Å². The van der Waals surface area contributed by atoms with Gasteiger partial charge in [0.25, 0.3) is 0 Å². The zero-order valence-corrected chi connectivity index (χ0v) is 11.5. The molecule has 1 heterocycles. The summed E-state index contributed by atoms with van der Waals surface area (Å²) in [5.41, 5.74) is 1.02. The number of hydrogen-bond acceptors (Lipinski definition) is 3. The molecule has 0 unspecified atom stereocenters. The van der Waals surface area contributed by atoms with Crippen LogP contribution in [0.3, 0.4) is 0 Å². The summed E-state index contributed by atoms with van der Waals surface area (Å²) >= 11 is 6.90. The lowest BCUT2D eigenvalue weighted by atomic mass is 10.3. The van der Waals surface area contributed by atoms with Gasteiger partial charge >= 0.3 is 0 Å². The molecule has 0 atom stereocenters. The molecule has 1 N–H and O–H groups in total. The largest absolute Gasteiger partial charge is 0.377 e. The van der Waals surface area contributed by atoms with Gasteiger partial charge in [0.15, 0.2) is 0 Å². The van der Waals surface area contributed by atoms with Crippen LogP contribution < -0.4 is 5.32 Å². The van der Waals surface area contributed by atoms with Crippen molar-refractivity contribution < 1.29 is 0 Å². The molecule has 0 saturated carbocycles. The second kappa shape index (κ2) is 5.41. The van der Waals surface area contributed by atoms with Gasteiger partial charge in [-0.05, 0) is 40.2 Å².